The van der Waals surface area contributed by atoms with E-state index in [1.165, 1.54) is 4.90 Å². The molecule has 0 bridgehead atoms. The fraction of sp³-hybridized carbons (Fsp3) is 0.0952. The standard InChI is InChI=1S/C21H20N4O3S/c1-25(14-18(26)22-15-8-4-2-5-9-15)20(27)17-12-13-19(29-17)24-21(28)23-16-10-6-3-7-11-16/h2-13H,14H2,1H3,(H,22,26)(H2,23,24,28). The third-order valence-electron chi connectivity index (χ3n) is 3.87. The first-order chi connectivity index (χ1) is 14.0. The monoisotopic (exact) mass is 408 g/mol. The number of hydrogen-bond donors (Lipinski definition) is 3. The van der Waals surface area contributed by atoms with Crippen molar-refractivity contribution < 1.29 is 14.4 Å². The summed E-state index contributed by atoms with van der Waals surface area (Å²) in [5.41, 5.74) is 1.34. The quantitative estimate of drug-likeness (QED) is 0.573. The molecule has 148 valence electrons. The van der Waals surface area contributed by atoms with E-state index in [-0.39, 0.29) is 18.4 Å². The van der Waals surface area contributed by atoms with Crippen molar-refractivity contribution >= 4 is 45.6 Å². The lowest BCUT2D eigenvalue weighted by atomic mass is 10.3. The first-order valence-electron chi connectivity index (χ1n) is 8.84. The first-order valence-corrected chi connectivity index (χ1v) is 9.66. The second-order valence-electron chi connectivity index (χ2n) is 6.18. The Hall–Kier alpha value is -3.65. The number of nitrogens with zero attached hydrogens (tertiary/aromatic N) is 1. The van der Waals surface area contributed by atoms with E-state index in [9.17, 15) is 14.4 Å². The number of benzene rings is 2. The molecule has 3 rings (SSSR count). The zero-order valence-electron chi connectivity index (χ0n) is 15.7. The molecule has 8 heteroatoms. The fourth-order valence-electron chi connectivity index (χ4n) is 2.51. The molecule has 3 aromatic rings. The van der Waals surface area contributed by atoms with Gasteiger partial charge in [0.2, 0.25) is 5.91 Å². The Labute approximate surface area is 172 Å². The second kappa shape index (κ2) is 9.52. The number of carbonyl (C=O) groups excluding carboxylic acids is 3. The molecule has 0 aliphatic carbocycles. The molecular formula is C21H20N4O3S. The Kier molecular flexibility index (Phi) is 6.59. The molecular weight excluding hydrogens is 388 g/mol. The highest BCUT2D eigenvalue weighted by Crippen LogP contribution is 2.23. The first kappa shape index (κ1) is 20.1. The predicted molar refractivity (Wildman–Crippen MR) is 115 cm³/mol. The summed E-state index contributed by atoms with van der Waals surface area (Å²) in [6.45, 7) is -0.0805. The number of para-hydroxylation sites is 2. The number of nitrogens with one attached hydrogen (secondary N) is 3. The van der Waals surface area contributed by atoms with Crippen LogP contribution in [0.2, 0.25) is 0 Å². The molecule has 7 nitrogen and oxygen atoms in total. The highest BCUT2D eigenvalue weighted by atomic mass is 32.1. The average molecular weight is 408 g/mol. The van der Waals surface area contributed by atoms with Gasteiger partial charge < -0.3 is 15.5 Å². The number of hydrogen-bond acceptors (Lipinski definition) is 4. The molecule has 0 atom stereocenters. The molecule has 0 aliphatic heterocycles. The SMILES string of the molecule is CN(CC(=O)Nc1ccccc1)C(=O)c1ccc(NC(=O)Nc2ccccc2)s1. The maximum atomic E-state index is 12.6. The molecule has 1 aromatic heterocycles. The van der Waals surface area contributed by atoms with Crippen molar-refractivity contribution in [1.29, 1.82) is 0 Å². The Morgan fingerprint density at radius 1 is 0.793 bits per heavy atom. The number of rotatable bonds is 6. The lowest BCUT2D eigenvalue weighted by molar-refractivity contribution is -0.116. The topological polar surface area (TPSA) is 90.5 Å². The molecule has 1 heterocycles. The van der Waals surface area contributed by atoms with Gasteiger partial charge in [-0.25, -0.2) is 4.79 Å². The van der Waals surface area contributed by atoms with Crippen LogP contribution in [0, 0.1) is 0 Å². The van der Waals surface area contributed by atoms with Crippen molar-refractivity contribution in [3.8, 4) is 0 Å². The van der Waals surface area contributed by atoms with Crippen LogP contribution < -0.4 is 16.0 Å². The number of likely N-dealkylation sites (N-methyl/N-ethyl adjacent to an activating group) is 1. The van der Waals surface area contributed by atoms with Gasteiger partial charge in [-0.1, -0.05) is 36.4 Å². The summed E-state index contributed by atoms with van der Waals surface area (Å²) in [4.78, 5) is 38.5. The van der Waals surface area contributed by atoms with Crippen LogP contribution in [0.4, 0.5) is 21.2 Å². The highest BCUT2D eigenvalue weighted by Gasteiger charge is 2.17. The van der Waals surface area contributed by atoms with Gasteiger partial charge in [0.15, 0.2) is 0 Å². The number of anilines is 3. The van der Waals surface area contributed by atoms with Crippen LogP contribution in [0.5, 0.6) is 0 Å². The van der Waals surface area contributed by atoms with E-state index in [0.717, 1.165) is 11.3 Å². The van der Waals surface area contributed by atoms with Crippen LogP contribution in [0.15, 0.2) is 72.8 Å². The van der Waals surface area contributed by atoms with Crippen LogP contribution in [0.3, 0.4) is 0 Å². The minimum absolute atomic E-state index is 0.0805. The van der Waals surface area contributed by atoms with E-state index in [0.29, 0.717) is 21.3 Å². The molecule has 0 saturated heterocycles. The smallest absolute Gasteiger partial charge is 0.324 e. The second-order valence-corrected chi connectivity index (χ2v) is 7.27. The van der Waals surface area contributed by atoms with Gasteiger partial charge in [-0.3, -0.25) is 14.9 Å². The van der Waals surface area contributed by atoms with Crippen molar-refractivity contribution in [1.82, 2.24) is 4.90 Å². The zero-order chi connectivity index (χ0) is 20.6. The lowest BCUT2D eigenvalue weighted by Gasteiger charge is -2.15. The van der Waals surface area contributed by atoms with Gasteiger partial charge >= 0.3 is 6.03 Å². The molecule has 0 radical (unpaired) electrons. The average Bonchev–Trinajstić information content (AvgIpc) is 3.17. The molecule has 3 N–H and O–H groups in total. The maximum Gasteiger partial charge on any atom is 0.324 e. The van der Waals surface area contributed by atoms with Gasteiger partial charge in [-0.05, 0) is 36.4 Å². The van der Waals surface area contributed by atoms with Crippen LogP contribution in [0.1, 0.15) is 9.67 Å². The Balaban J connectivity index is 1.52. The summed E-state index contributed by atoms with van der Waals surface area (Å²) in [5, 5.41) is 8.68. The summed E-state index contributed by atoms with van der Waals surface area (Å²) >= 11 is 1.14. The van der Waals surface area contributed by atoms with Crippen molar-refractivity contribution in [3.05, 3.63) is 77.7 Å². The molecule has 0 fully saturated rings. The van der Waals surface area contributed by atoms with Crippen LogP contribution in [-0.4, -0.2) is 36.3 Å². The van der Waals surface area contributed by atoms with Crippen LogP contribution >= 0.6 is 11.3 Å². The summed E-state index contributed by atoms with van der Waals surface area (Å²) < 4.78 is 0. The minimum atomic E-state index is -0.396. The largest absolute Gasteiger partial charge is 0.332 e. The van der Waals surface area contributed by atoms with E-state index in [1.54, 1.807) is 43.4 Å². The number of amides is 4. The molecule has 0 aliphatic rings. The van der Waals surface area contributed by atoms with E-state index < -0.39 is 6.03 Å². The van der Waals surface area contributed by atoms with Gasteiger partial charge in [0, 0.05) is 18.4 Å². The highest BCUT2D eigenvalue weighted by molar-refractivity contribution is 7.18. The van der Waals surface area contributed by atoms with E-state index in [2.05, 4.69) is 16.0 Å². The summed E-state index contributed by atoms with van der Waals surface area (Å²) in [5.74, 6) is -0.584. The Morgan fingerprint density at radius 2 is 1.38 bits per heavy atom. The van der Waals surface area contributed by atoms with E-state index in [4.69, 9.17) is 0 Å². The number of urea groups is 1. The Bertz CT molecular complexity index is 989. The lowest BCUT2D eigenvalue weighted by Crippen LogP contribution is -2.34. The normalized spacial score (nSPS) is 10.1. The van der Waals surface area contributed by atoms with Gasteiger partial charge in [0.05, 0.1) is 16.4 Å². The summed E-state index contributed by atoms with van der Waals surface area (Å²) in [6, 6.07) is 21.0. The molecule has 29 heavy (non-hydrogen) atoms. The van der Waals surface area contributed by atoms with E-state index in [1.807, 2.05) is 36.4 Å². The van der Waals surface area contributed by atoms with Crippen molar-refractivity contribution in [3.63, 3.8) is 0 Å². The minimum Gasteiger partial charge on any atom is -0.332 e. The third-order valence-corrected chi connectivity index (χ3v) is 4.86. The maximum absolute atomic E-state index is 12.6. The van der Waals surface area contributed by atoms with Gasteiger partial charge in [-0.2, -0.15) is 0 Å². The molecule has 0 unspecified atom stereocenters. The predicted octanol–water partition coefficient (Wildman–Crippen LogP) is 4.10. The molecule has 4 amide bonds. The third kappa shape index (κ3) is 5.91. The van der Waals surface area contributed by atoms with Crippen molar-refractivity contribution in [2.45, 2.75) is 0 Å². The fourth-order valence-corrected chi connectivity index (χ4v) is 3.41. The van der Waals surface area contributed by atoms with Crippen LogP contribution in [0.25, 0.3) is 0 Å². The van der Waals surface area contributed by atoms with Crippen LogP contribution in [-0.2, 0) is 4.79 Å². The zero-order valence-corrected chi connectivity index (χ0v) is 16.5. The van der Waals surface area contributed by atoms with Gasteiger partial charge in [0.25, 0.3) is 5.91 Å². The molecule has 2 aromatic carbocycles. The molecule has 0 saturated carbocycles. The summed E-state index contributed by atoms with van der Waals surface area (Å²) in [6.07, 6.45) is 0. The summed E-state index contributed by atoms with van der Waals surface area (Å²) in [7, 11) is 1.56. The van der Waals surface area contributed by atoms with Gasteiger partial charge in [0.1, 0.15) is 0 Å². The van der Waals surface area contributed by atoms with Gasteiger partial charge in [-0.15, -0.1) is 11.3 Å². The number of thiophene rings is 1. The van der Waals surface area contributed by atoms with E-state index >= 15 is 0 Å². The van der Waals surface area contributed by atoms with Crippen molar-refractivity contribution in [2.75, 3.05) is 29.5 Å². The molecule has 0 spiro atoms. The Morgan fingerprint density at radius 3 is 2.00 bits per heavy atom. The number of carbonyl (C=O) groups is 3. The van der Waals surface area contributed by atoms with Crippen molar-refractivity contribution in [2.24, 2.45) is 0 Å².